The third-order valence-electron chi connectivity index (χ3n) is 2.11. The Labute approximate surface area is 92.8 Å². The molecule has 0 aliphatic rings. The van der Waals surface area contributed by atoms with Crippen LogP contribution in [0.25, 0.3) is 0 Å². The van der Waals surface area contributed by atoms with Gasteiger partial charge < -0.3 is 11.1 Å². The van der Waals surface area contributed by atoms with Crippen LogP contribution in [0.4, 0.5) is 0 Å². The fraction of sp³-hybridized carbons (Fsp3) is 0.750. The number of rotatable bonds is 8. The molecule has 0 rings (SSSR count). The number of nitrogens with one attached hydrogen (secondary N) is 1. The van der Waals surface area contributed by atoms with Crippen LogP contribution in [0.2, 0.25) is 0 Å². The van der Waals surface area contributed by atoms with E-state index in [1.54, 1.807) is 6.92 Å². The lowest BCUT2D eigenvalue weighted by Crippen LogP contribution is -2.23. The average molecular weight is 210 g/mol. The normalized spacial score (nSPS) is 9.20. The van der Waals surface area contributed by atoms with E-state index in [1.165, 1.54) is 0 Å². The molecule has 0 unspecified atom stereocenters. The van der Waals surface area contributed by atoms with Gasteiger partial charge in [0.1, 0.15) is 0 Å². The minimum atomic E-state index is 0.139. The van der Waals surface area contributed by atoms with Gasteiger partial charge in [0.15, 0.2) is 0 Å². The molecule has 1 amide bonds. The molecule has 3 nitrogen and oxygen atoms in total. The van der Waals surface area contributed by atoms with E-state index in [4.69, 9.17) is 5.73 Å². The first-order valence-electron chi connectivity index (χ1n) is 5.67. The Balaban J connectivity index is 3.21. The van der Waals surface area contributed by atoms with Gasteiger partial charge in [0.2, 0.25) is 5.91 Å². The Morgan fingerprint density at radius 2 is 2.00 bits per heavy atom. The highest BCUT2D eigenvalue weighted by molar-refractivity contribution is 5.75. The van der Waals surface area contributed by atoms with E-state index in [2.05, 4.69) is 17.2 Å². The summed E-state index contributed by atoms with van der Waals surface area (Å²) in [6, 6.07) is 0. The topological polar surface area (TPSA) is 55.1 Å². The maximum atomic E-state index is 11.3. The molecule has 0 heterocycles. The van der Waals surface area contributed by atoms with Gasteiger partial charge in [0.05, 0.1) is 0 Å². The van der Waals surface area contributed by atoms with Crippen LogP contribution >= 0.6 is 0 Å². The second kappa shape index (κ2) is 11.1. The number of carbonyl (C=O) groups is 1. The van der Waals surface area contributed by atoms with Crippen molar-refractivity contribution in [2.45, 2.75) is 45.4 Å². The SMILES string of the molecule is CC#CCCNC(=O)CCCCCCN. The summed E-state index contributed by atoms with van der Waals surface area (Å²) in [6.45, 7) is 3.23. The molecule has 15 heavy (non-hydrogen) atoms. The summed E-state index contributed by atoms with van der Waals surface area (Å²) in [5, 5.41) is 2.84. The Morgan fingerprint density at radius 3 is 2.67 bits per heavy atom. The van der Waals surface area contributed by atoms with Crippen LogP contribution < -0.4 is 11.1 Å². The van der Waals surface area contributed by atoms with E-state index in [1.807, 2.05) is 0 Å². The van der Waals surface area contributed by atoms with Crippen molar-refractivity contribution in [2.75, 3.05) is 13.1 Å². The third-order valence-corrected chi connectivity index (χ3v) is 2.11. The van der Waals surface area contributed by atoms with Gasteiger partial charge in [-0.25, -0.2) is 0 Å². The summed E-state index contributed by atoms with van der Waals surface area (Å²) in [5.41, 5.74) is 5.37. The lowest BCUT2D eigenvalue weighted by Gasteiger charge is -2.02. The van der Waals surface area contributed by atoms with E-state index in [0.29, 0.717) is 13.0 Å². The van der Waals surface area contributed by atoms with Crippen LogP contribution in [0.3, 0.4) is 0 Å². The maximum Gasteiger partial charge on any atom is 0.220 e. The second-order valence-corrected chi connectivity index (χ2v) is 3.48. The first-order valence-corrected chi connectivity index (χ1v) is 5.67. The Hall–Kier alpha value is -1.01. The molecule has 0 aliphatic carbocycles. The minimum absolute atomic E-state index is 0.139. The van der Waals surface area contributed by atoms with Gasteiger partial charge in [-0.05, 0) is 26.3 Å². The van der Waals surface area contributed by atoms with Crippen molar-refractivity contribution >= 4 is 5.91 Å². The first kappa shape index (κ1) is 14.0. The number of unbranched alkanes of at least 4 members (excludes halogenated alkanes) is 3. The molecule has 0 radical (unpaired) electrons. The van der Waals surface area contributed by atoms with Gasteiger partial charge >= 0.3 is 0 Å². The zero-order valence-corrected chi connectivity index (χ0v) is 9.64. The number of nitrogens with two attached hydrogens (primary N) is 1. The van der Waals surface area contributed by atoms with E-state index >= 15 is 0 Å². The number of hydrogen-bond donors (Lipinski definition) is 2. The summed E-state index contributed by atoms with van der Waals surface area (Å²) in [6.07, 6.45) is 5.63. The Kier molecular flexibility index (Phi) is 10.3. The molecule has 0 aromatic carbocycles. The highest BCUT2D eigenvalue weighted by Crippen LogP contribution is 2.01. The quantitative estimate of drug-likeness (QED) is 0.470. The molecule has 0 saturated heterocycles. The maximum absolute atomic E-state index is 11.3. The van der Waals surface area contributed by atoms with E-state index in [0.717, 1.165) is 38.6 Å². The van der Waals surface area contributed by atoms with Crippen LogP contribution in [-0.2, 0) is 4.79 Å². The lowest BCUT2D eigenvalue weighted by atomic mass is 10.1. The molecule has 0 spiro atoms. The molecular formula is C12H22N2O. The van der Waals surface area contributed by atoms with Gasteiger partial charge in [0, 0.05) is 19.4 Å². The zero-order valence-electron chi connectivity index (χ0n) is 9.64. The molecule has 0 saturated carbocycles. The lowest BCUT2D eigenvalue weighted by molar-refractivity contribution is -0.121. The molecular weight excluding hydrogens is 188 g/mol. The number of hydrogen-bond acceptors (Lipinski definition) is 2. The molecule has 86 valence electrons. The van der Waals surface area contributed by atoms with Gasteiger partial charge in [-0.1, -0.05) is 12.8 Å². The summed E-state index contributed by atoms with van der Waals surface area (Å²) in [7, 11) is 0. The fourth-order valence-corrected chi connectivity index (χ4v) is 1.26. The summed E-state index contributed by atoms with van der Waals surface area (Å²) < 4.78 is 0. The van der Waals surface area contributed by atoms with Crippen molar-refractivity contribution in [3.05, 3.63) is 0 Å². The Morgan fingerprint density at radius 1 is 1.27 bits per heavy atom. The van der Waals surface area contributed by atoms with Crippen LogP contribution in [0, 0.1) is 11.8 Å². The van der Waals surface area contributed by atoms with Crippen LogP contribution in [-0.4, -0.2) is 19.0 Å². The fourth-order valence-electron chi connectivity index (χ4n) is 1.26. The smallest absolute Gasteiger partial charge is 0.220 e. The number of amides is 1. The van der Waals surface area contributed by atoms with Crippen molar-refractivity contribution in [1.29, 1.82) is 0 Å². The van der Waals surface area contributed by atoms with Crippen molar-refractivity contribution in [3.8, 4) is 11.8 Å². The predicted molar refractivity (Wildman–Crippen MR) is 63.2 cm³/mol. The van der Waals surface area contributed by atoms with Gasteiger partial charge in [-0.15, -0.1) is 11.8 Å². The van der Waals surface area contributed by atoms with Gasteiger partial charge in [0.25, 0.3) is 0 Å². The monoisotopic (exact) mass is 210 g/mol. The van der Waals surface area contributed by atoms with Gasteiger partial charge in [-0.2, -0.15) is 0 Å². The predicted octanol–water partition coefficient (Wildman–Crippen LogP) is 1.43. The third kappa shape index (κ3) is 10.9. The minimum Gasteiger partial charge on any atom is -0.355 e. The molecule has 0 atom stereocenters. The summed E-state index contributed by atoms with van der Waals surface area (Å²) >= 11 is 0. The molecule has 0 bridgehead atoms. The van der Waals surface area contributed by atoms with Crippen LogP contribution in [0.1, 0.15) is 45.4 Å². The molecule has 0 aliphatic heterocycles. The van der Waals surface area contributed by atoms with E-state index in [9.17, 15) is 4.79 Å². The van der Waals surface area contributed by atoms with Gasteiger partial charge in [-0.3, -0.25) is 4.79 Å². The highest BCUT2D eigenvalue weighted by atomic mass is 16.1. The van der Waals surface area contributed by atoms with E-state index < -0.39 is 0 Å². The Bertz CT molecular complexity index is 215. The van der Waals surface area contributed by atoms with Crippen molar-refractivity contribution in [1.82, 2.24) is 5.32 Å². The first-order chi connectivity index (χ1) is 7.31. The van der Waals surface area contributed by atoms with Crippen molar-refractivity contribution in [2.24, 2.45) is 5.73 Å². The highest BCUT2D eigenvalue weighted by Gasteiger charge is 1.98. The van der Waals surface area contributed by atoms with Crippen LogP contribution in [0.15, 0.2) is 0 Å². The largest absolute Gasteiger partial charge is 0.355 e. The average Bonchev–Trinajstić information content (AvgIpc) is 2.24. The van der Waals surface area contributed by atoms with Crippen molar-refractivity contribution < 1.29 is 4.79 Å². The molecule has 3 heteroatoms. The molecule has 0 aromatic rings. The van der Waals surface area contributed by atoms with Crippen molar-refractivity contribution in [3.63, 3.8) is 0 Å². The van der Waals surface area contributed by atoms with Crippen LogP contribution in [0.5, 0.6) is 0 Å². The van der Waals surface area contributed by atoms with E-state index in [-0.39, 0.29) is 5.91 Å². The zero-order chi connectivity index (χ0) is 11.4. The second-order valence-electron chi connectivity index (χ2n) is 3.48. The molecule has 0 aromatic heterocycles. The molecule has 0 fully saturated rings. The summed E-state index contributed by atoms with van der Waals surface area (Å²) in [5.74, 6) is 5.84. The number of carbonyl (C=O) groups excluding carboxylic acids is 1. The summed E-state index contributed by atoms with van der Waals surface area (Å²) in [4.78, 5) is 11.3. The molecule has 3 N–H and O–H groups in total. The standard InChI is InChI=1S/C12H22N2O/c1-2-3-8-11-14-12(15)9-6-4-5-7-10-13/h4-11,13H2,1H3,(H,14,15).